The minimum absolute atomic E-state index is 0.237. The van der Waals surface area contributed by atoms with Crippen LogP contribution in [-0.2, 0) is 16.6 Å². The average molecular weight is 282 g/mol. The highest BCUT2D eigenvalue weighted by atomic mass is 32.2. The summed E-state index contributed by atoms with van der Waals surface area (Å²) < 4.78 is 24.4. The number of benzene rings is 1. The van der Waals surface area contributed by atoms with Crippen LogP contribution in [0.4, 0.5) is 0 Å². The maximum Gasteiger partial charge on any atom is 0.209 e. The summed E-state index contributed by atoms with van der Waals surface area (Å²) in [6.45, 7) is 2.27. The molecule has 1 N–H and O–H groups in total. The molecular formula is C12H14N2O2S2. The molecule has 6 heteroatoms. The zero-order chi connectivity index (χ0) is 13.2. The van der Waals surface area contributed by atoms with E-state index in [1.165, 1.54) is 11.3 Å². The van der Waals surface area contributed by atoms with Gasteiger partial charge >= 0.3 is 0 Å². The highest BCUT2D eigenvalue weighted by Crippen LogP contribution is 2.26. The summed E-state index contributed by atoms with van der Waals surface area (Å²) in [6, 6.07) is 8.00. The van der Waals surface area contributed by atoms with Crippen molar-refractivity contribution >= 4 is 21.4 Å². The van der Waals surface area contributed by atoms with Gasteiger partial charge in [0.1, 0.15) is 5.01 Å². The molecule has 0 saturated heterocycles. The summed E-state index contributed by atoms with van der Waals surface area (Å²) in [4.78, 5) is 4.44. The zero-order valence-electron chi connectivity index (χ0n) is 10.2. The van der Waals surface area contributed by atoms with Crippen molar-refractivity contribution in [3.63, 3.8) is 0 Å². The number of aromatic nitrogens is 1. The lowest BCUT2D eigenvalue weighted by atomic mass is 10.1. The average Bonchev–Trinajstić information content (AvgIpc) is 2.75. The molecule has 0 spiro atoms. The van der Waals surface area contributed by atoms with Crippen molar-refractivity contribution in [2.24, 2.45) is 0 Å². The Hall–Kier alpha value is -1.24. The Morgan fingerprint density at radius 3 is 2.72 bits per heavy atom. The van der Waals surface area contributed by atoms with E-state index in [2.05, 4.69) is 9.71 Å². The van der Waals surface area contributed by atoms with Crippen LogP contribution in [-0.4, -0.2) is 19.7 Å². The fourth-order valence-electron chi connectivity index (χ4n) is 1.53. The van der Waals surface area contributed by atoms with Crippen molar-refractivity contribution in [2.75, 3.05) is 6.26 Å². The topological polar surface area (TPSA) is 59.1 Å². The first-order chi connectivity index (χ1) is 8.46. The fraction of sp³-hybridized carbons (Fsp3) is 0.250. The van der Waals surface area contributed by atoms with Crippen LogP contribution >= 0.6 is 11.3 Å². The molecule has 0 aliphatic heterocycles. The van der Waals surface area contributed by atoms with Crippen molar-refractivity contribution in [3.05, 3.63) is 40.9 Å². The Bertz CT molecular complexity index is 648. The number of nitrogens with one attached hydrogen (secondary N) is 1. The Kier molecular flexibility index (Phi) is 3.79. The Balaban J connectivity index is 2.19. The maximum atomic E-state index is 11.0. The standard InChI is InChI=1S/C12H14N2O2S2/c1-9-5-3-4-6-11(9)12-14-10(8-17-12)7-13-18(2,15)16/h3-6,8,13H,7H2,1-2H3. The van der Waals surface area contributed by atoms with Gasteiger partial charge in [0.2, 0.25) is 10.0 Å². The number of hydrogen-bond donors (Lipinski definition) is 1. The summed E-state index contributed by atoms with van der Waals surface area (Å²) >= 11 is 1.52. The lowest BCUT2D eigenvalue weighted by Crippen LogP contribution is -2.21. The van der Waals surface area contributed by atoms with Gasteiger partial charge in [-0.2, -0.15) is 0 Å². The first kappa shape index (κ1) is 13.2. The molecule has 1 aromatic heterocycles. The Morgan fingerprint density at radius 1 is 1.33 bits per heavy atom. The number of aryl methyl sites for hydroxylation is 1. The van der Waals surface area contributed by atoms with Gasteiger partial charge in [0.05, 0.1) is 18.5 Å². The molecule has 0 aliphatic rings. The van der Waals surface area contributed by atoms with E-state index in [-0.39, 0.29) is 6.54 Å². The van der Waals surface area contributed by atoms with E-state index < -0.39 is 10.0 Å². The quantitative estimate of drug-likeness (QED) is 0.935. The SMILES string of the molecule is Cc1ccccc1-c1nc(CNS(C)(=O)=O)cs1. The molecule has 4 nitrogen and oxygen atoms in total. The van der Waals surface area contributed by atoms with Crippen LogP contribution in [0.3, 0.4) is 0 Å². The van der Waals surface area contributed by atoms with Gasteiger partial charge in [0, 0.05) is 10.9 Å². The lowest BCUT2D eigenvalue weighted by Gasteiger charge is -2.01. The molecule has 2 aromatic rings. The smallest absolute Gasteiger partial charge is 0.209 e. The van der Waals surface area contributed by atoms with E-state index >= 15 is 0 Å². The summed E-state index contributed by atoms with van der Waals surface area (Å²) in [5.41, 5.74) is 2.99. The van der Waals surface area contributed by atoms with Gasteiger partial charge in [0.15, 0.2) is 0 Å². The van der Waals surface area contributed by atoms with Crippen molar-refractivity contribution in [3.8, 4) is 10.6 Å². The molecule has 0 saturated carbocycles. The molecule has 0 bridgehead atoms. The number of hydrogen-bond acceptors (Lipinski definition) is 4. The third-order valence-corrected chi connectivity index (χ3v) is 4.04. The zero-order valence-corrected chi connectivity index (χ0v) is 11.8. The second-order valence-electron chi connectivity index (χ2n) is 4.05. The van der Waals surface area contributed by atoms with E-state index in [4.69, 9.17) is 0 Å². The van der Waals surface area contributed by atoms with Crippen molar-refractivity contribution < 1.29 is 8.42 Å². The highest BCUT2D eigenvalue weighted by molar-refractivity contribution is 7.88. The maximum absolute atomic E-state index is 11.0. The third-order valence-electron chi connectivity index (χ3n) is 2.44. The molecule has 0 radical (unpaired) electrons. The molecule has 0 aliphatic carbocycles. The number of thiazole rings is 1. The second kappa shape index (κ2) is 5.17. The number of rotatable bonds is 4. The molecule has 0 amide bonds. The van der Waals surface area contributed by atoms with Gasteiger partial charge < -0.3 is 0 Å². The first-order valence-corrected chi connectivity index (χ1v) is 8.18. The van der Waals surface area contributed by atoms with Crippen LogP contribution in [0, 0.1) is 6.92 Å². The Labute approximate surface area is 111 Å². The summed E-state index contributed by atoms with van der Waals surface area (Å²) in [6.07, 6.45) is 1.14. The van der Waals surface area contributed by atoms with Gasteiger partial charge in [0.25, 0.3) is 0 Å². The molecule has 2 rings (SSSR count). The molecule has 1 heterocycles. The highest BCUT2D eigenvalue weighted by Gasteiger charge is 2.08. The first-order valence-electron chi connectivity index (χ1n) is 5.41. The van der Waals surface area contributed by atoms with Crippen LogP contribution in [0.1, 0.15) is 11.3 Å². The van der Waals surface area contributed by atoms with Gasteiger partial charge in [-0.1, -0.05) is 24.3 Å². The van der Waals surface area contributed by atoms with Gasteiger partial charge in [-0.05, 0) is 12.5 Å². The third kappa shape index (κ3) is 3.38. The molecule has 0 fully saturated rings. The second-order valence-corrected chi connectivity index (χ2v) is 6.74. The predicted octanol–water partition coefficient (Wildman–Crippen LogP) is 2.17. The van der Waals surface area contributed by atoms with Crippen LogP contribution in [0.25, 0.3) is 10.6 Å². The predicted molar refractivity (Wildman–Crippen MR) is 74.0 cm³/mol. The van der Waals surface area contributed by atoms with Gasteiger partial charge in [-0.3, -0.25) is 0 Å². The molecule has 96 valence electrons. The van der Waals surface area contributed by atoms with E-state index in [0.717, 1.165) is 28.1 Å². The molecular weight excluding hydrogens is 268 g/mol. The largest absolute Gasteiger partial charge is 0.240 e. The van der Waals surface area contributed by atoms with Crippen molar-refractivity contribution in [1.82, 2.24) is 9.71 Å². The van der Waals surface area contributed by atoms with Crippen LogP contribution in [0.5, 0.6) is 0 Å². The summed E-state index contributed by atoms with van der Waals surface area (Å²) in [5.74, 6) is 0. The molecule has 0 atom stereocenters. The molecule has 18 heavy (non-hydrogen) atoms. The van der Waals surface area contributed by atoms with E-state index in [1.54, 1.807) is 0 Å². The van der Waals surface area contributed by atoms with Crippen LogP contribution in [0.15, 0.2) is 29.6 Å². The minimum Gasteiger partial charge on any atom is -0.240 e. The summed E-state index contributed by atoms with van der Waals surface area (Å²) in [5, 5.41) is 2.79. The Morgan fingerprint density at radius 2 is 2.06 bits per heavy atom. The number of sulfonamides is 1. The van der Waals surface area contributed by atoms with Gasteiger partial charge in [-0.25, -0.2) is 18.1 Å². The molecule has 0 unspecified atom stereocenters. The normalized spacial score (nSPS) is 11.7. The van der Waals surface area contributed by atoms with Crippen molar-refractivity contribution in [2.45, 2.75) is 13.5 Å². The summed E-state index contributed by atoms with van der Waals surface area (Å²) in [7, 11) is -3.17. The van der Waals surface area contributed by atoms with E-state index in [1.807, 2.05) is 36.6 Å². The fourth-order valence-corrected chi connectivity index (χ4v) is 2.85. The minimum atomic E-state index is -3.17. The molecule has 1 aromatic carbocycles. The van der Waals surface area contributed by atoms with Gasteiger partial charge in [-0.15, -0.1) is 11.3 Å². The van der Waals surface area contributed by atoms with Crippen molar-refractivity contribution in [1.29, 1.82) is 0 Å². The van der Waals surface area contributed by atoms with E-state index in [9.17, 15) is 8.42 Å². The lowest BCUT2D eigenvalue weighted by molar-refractivity contribution is 0.587. The van der Waals surface area contributed by atoms with E-state index in [0.29, 0.717) is 0 Å². The van der Waals surface area contributed by atoms with Crippen LogP contribution < -0.4 is 4.72 Å². The van der Waals surface area contributed by atoms with Crippen LogP contribution in [0.2, 0.25) is 0 Å². The number of nitrogens with zero attached hydrogens (tertiary/aromatic N) is 1. The monoisotopic (exact) mass is 282 g/mol.